The van der Waals surface area contributed by atoms with Crippen LogP contribution in [-0.2, 0) is 4.79 Å². The van der Waals surface area contributed by atoms with Crippen LogP contribution in [0.15, 0.2) is 17.5 Å². The minimum absolute atomic E-state index is 0.141. The van der Waals surface area contributed by atoms with Gasteiger partial charge in [-0.1, -0.05) is 19.4 Å². The summed E-state index contributed by atoms with van der Waals surface area (Å²) in [5, 5.41) is 24.5. The number of aliphatic hydroxyl groups excluding tert-OH is 1. The molecule has 19 heavy (non-hydrogen) atoms. The van der Waals surface area contributed by atoms with Crippen molar-refractivity contribution < 1.29 is 19.8 Å². The van der Waals surface area contributed by atoms with Crippen molar-refractivity contribution in [3.8, 4) is 0 Å². The summed E-state index contributed by atoms with van der Waals surface area (Å²) in [5.74, 6) is -1.26. The van der Waals surface area contributed by atoms with Crippen molar-refractivity contribution in [1.82, 2.24) is 10.6 Å². The Morgan fingerprint density at radius 1 is 1.42 bits per heavy atom. The molecule has 0 aromatic carbocycles. The van der Waals surface area contributed by atoms with Crippen LogP contribution >= 0.6 is 11.3 Å². The van der Waals surface area contributed by atoms with Gasteiger partial charge in [0.15, 0.2) is 6.04 Å². The molecular weight excluding hydrogens is 268 g/mol. The topological polar surface area (TPSA) is 98.7 Å². The molecule has 0 spiro atoms. The molecule has 0 bridgehead atoms. The van der Waals surface area contributed by atoms with Crippen LogP contribution in [0.25, 0.3) is 0 Å². The van der Waals surface area contributed by atoms with E-state index in [9.17, 15) is 9.59 Å². The van der Waals surface area contributed by atoms with Crippen LogP contribution in [0.3, 0.4) is 0 Å². The van der Waals surface area contributed by atoms with Crippen LogP contribution in [-0.4, -0.2) is 34.9 Å². The summed E-state index contributed by atoms with van der Waals surface area (Å²) in [6, 6.07) is 1.80. The number of carbonyl (C=O) groups is 2. The minimum Gasteiger partial charge on any atom is -0.480 e. The van der Waals surface area contributed by atoms with Crippen LogP contribution in [0.5, 0.6) is 0 Å². The van der Waals surface area contributed by atoms with Gasteiger partial charge in [-0.25, -0.2) is 9.59 Å². The van der Waals surface area contributed by atoms with Gasteiger partial charge in [0, 0.05) is 4.88 Å². The lowest BCUT2D eigenvalue weighted by Gasteiger charge is -2.19. The van der Waals surface area contributed by atoms with E-state index in [0.29, 0.717) is 0 Å². The number of aliphatic hydroxyl groups is 1. The third kappa shape index (κ3) is 4.88. The van der Waals surface area contributed by atoms with Crippen molar-refractivity contribution in [2.75, 3.05) is 6.61 Å². The second-order valence-electron chi connectivity index (χ2n) is 4.05. The molecule has 0 aliphatic heterocycles. The number of thiophene rings is 1. The molecule has 1 aromatic rings. The SMILES string of the molecule is CCCC(NC(=O)N[C@@H](CO)C(=O)O)c1cccs1. The molecule has 1 heterocycles. The van der Waals surface area contributed by atoms with Gasteiger partial charge in [-0.2, -0.15) is 0 Å². The van der Waals surface area contributed by atoms with Gasteiger partial charge < -0.3 is 20.8 Å². The molecule has 2 amide bonds. The highest BCUT2D eigenvalue weighted by atomic mass is 32.1. The maximum Gasteiger partial charge on any atom is 0.328 e. The summed E-state index contributed by atoms with van der Waals surface area (Å²) < 4.78 is 0. The molecule has 1 aromatic heterocycles. The van der Waals surface area contributed by atoms with Crippen LogP contribution in [0.1, 0.15) is 30.7 Å². The number of rotatable bonds is 7. The quantitative estimate of drug-likeness (QED) is 0.608. The third-order valence-electron chi connectivity index (χ3n) is 2.56. The monoisotopic (exact) mass is 286 g/mol. The summed E-state index contributed by atoms with van der Waals surface area (Å²) in [6.07, 6.45) is 1.66. The molecular formula is C12H18N2O4S. The van der Waals surface area contributed by atoms with E-state index in [4.69, 9.17) is 10.2 Å². The minimum atomic E-state index is -1.29. The van der Waals surface area contributed by atoms with Gasteiger partial charge >= 0.3 is 12.0 Å². The van der Waals surface area contributed by atoms with Crippen molar-refractivity contribution in [2.24, 2.45) is 0 Å². The van der Waals surface area contributed by atoms with Gasteiger partial charge in [0.2, 0.25) is 0 Å². The molecule has 0 saturated carbocycles. The first kappa shape index (κ1) is 15.5. The van der Waals surface area contributed by atoms with Crippen molar-refractivity contribution in [3.63, 3.8) is 0 Å². The fourth-order valence-corrected chi connectivity index (χ4v) is 2.42. The highest BCUT2D eigenvalue weighted by Crippen LogP contribution is 2.22. The Morgan fingerprint density at radius 3 is 2.63 bits per heavy atom. The maximum absolute atomic E-state index is 11.7. The van der Waals surface area contributed by atoms with Gasteiger partial charge in [0.05, 0.1) is 12.6 Å². The first-order chi connectivity index (χ1) is 9.08. The molecule has 0 saturated heterocycles. The molecule has 0 fully saturated rings. The summed E-state index contributed by atoms with van der Waals surface area (Å²) in [4.78, 5) is 23.4. The van der Waals surface area contributed by atoms with Crippen molar-refractivity contribution >= 4 is 23.3 Å². The first-order valence-electron chi connectivity index (χ1n) is 6.02. The predicted molar refractivity (Wildman–Crippen MR) is 72.1 cm³/mol. The summed E-state index contributed by atoms with van der Waals surface area (Å²) in [6.45, 7) is 1.37. The fourth-order valence-electron chi connectivity index (χ4n) is 1.61. The normalized spacial score (nSPS) is 13.6. The molecule has 106 valence electrons. The third-order valence-corrected chi connectivity index (χ3v) is 3.54. The molecule has 0 radical (unpaired) electrons. The molecule has 2 atom stereocenters. The molecule has 4 N–H and O–H groups in total. The van der Waals surface area contributed by atoms with Crippen LogP contribution in [0.2, 0.25) is 0 Å². The lowest BCUT2D eigenvalue weighted by atomic mass is 10.1. The highest BCUT2D eigenvalue weighted by molar-refractivity contribution is 7.10. The lowest BCUT2D eigenvalue weighted by Crippen LogP contribution is -2.48. The second-order valence-corrected chi connectivity index (χ2v) is 5.03. The Balaban J connectivity index is 2.59. The van der Waals surface area contributed by atoms with E-state index in [1.54, 1.807) is 0 Å². The van der Waals surface area contributed by atoms with E-state index in [-0.39, 0.29) is 6.04 Å². The summed E-state index contributed by atoms with van der Waals surface area (Å²) >= 11 is 1.54. The van der Waals surface area contributed by atoms with Gasteiger partial charge in [-0.05, 0) is 17.9 Å². The standard InChI is InChI=1S/C12H18N2O4S/c1-2-4-8(10-5-3-6-19-10)13-12(18)14-9(7-15)11(16)17/h3,5-6,8-9,15H,2,4,7H2,1H3,(H,16,17)(H2,13,14,18)/t8?,9-/m0/s1. The molecule has 1 rings (SSSR count). The van der Waals surface area contributed by atoms with Crippen LogP contribution in [0.4, 0.5) is 4.79 Å². The van der Waals surface area contributed by atoms with E-state index in [1.165, 1.54) is 11.3 Å². The number of carboxylic acid groups (broad SMARTS) is 1. The maximum atomic E-state index is 11.7. The van der Waals surface area contributed by atoms with Crippen molar-refractivity contribution in [3.05, 3.63) is 22.4 Å². The van der Waals surface area contributed by atoms with E-state index >= 15 is 0 Å². The number of aliphatic carboxylic acids is 1. The van der Waals surface area contributed by atoms with Gasteiger partial charge in [-0.15, -0.1) is 11.3 Å². The average molecular weight is 286 g/mol. The van der Waals surface area contributed by atoms with Crippen molar-refractivity contribution in [1.29, 1.82) is 0 Å². The number of hydrogen-bond donors (Lipinski definition) is 4. The Hall–Kier alpha value is -1.60. The van der Waals surface area contributed by atoms with Gasteiger partial charge in [0.1, 0.15) is 0 Å². The van der Waals surface area contributed by atoms with E-state index in [1.807, 2.05) is 24.4 Å². The summed E-state index contributed by atoms with van der Waals surface area (Å²) in [7, 11) is 0. The zero-order valence-corrected chi connectivity index (χ0v) is 11.4. The average Bonchev–Trinajstić information content (AvgIpc) is 2.88. The zero-order valence-electron chi connectivity index (χ0n) is 10.6. The molecule has 0 aliphatic carbocycles. The molecule has 6 nitrogen and oxygen atoms in total. The molecule has 0 aliphatic rings. The van der Waals surface area contributed by atoms with Gasteiger partial charge in [0.25, 0.3) is 0 Å². The number of carboxylic acids is 1. The smallest absolute Gasteiger partial charge is 0.328 e. The van der Waals surface area contributed by atoms with Crippen LogP contribution < -0.4 is 10.6 Å². The molecule has 7 heteroatoms. The summed E-state index contributed by atoms with van der Waals surface area (Å²) in [5.41, 5.74) is 0. The second kappa shape index (κ2) is 7.75. The first-order valence-corrected chi connectivity index (χ1v) is 6.90. The Kier molecular flexibility index (Phi) is 6.31. The lowest BCUT2D eigenvalue weighted by molar-refractivity contribution is -0.140. The number of hydrogen-bond acceptors (Lipinski definition) is 4. The Morgan fingerprint density at radius 2 is 2.16 bits per heavy atom. The van der Waals surface area contributed by atoms with E-state index in [0.717, 1.165) is 17.7 Å². The predicted octanol–water partition coefficient (Wildman–Crippen LogP) is 1.33. The number of amides is 2. The Bertz CT molecular complexity index is 408. The highest BCUT2D eigenvalue weighted by Gasteiger charge is 2.21. The van der Waals surface area contributed by atoms with Gasteiger partial charge in [-0.3, -0.25) is 0 Å². The molecule has 1 unspecified atom stereocenters. The number of urea groups is 1. The van der Waals surface area contributed by atoms with E-state index < -0.39 is 24.6 Å². The largest absolute Gasteiger partial charge is 0.480 e. The van der Waals surface area contributed by atoms with Crippen LogP contribution in [0, 0.1) is 0 Å². The number of carbonyl (C=O) groups excluding carboxylic acids is 1. The van der Waals surface area contributed by atoms with E-state index in [2.05, 4.69) is 10.6 Å². The zero-order chi connectivity index (χ0) is 14.3. The fraction of sp³-hybridized carbons (Fsp3) is 0.500. The number of nitrogens with one attached hydrogen (secondary N) is 2. The Labute approximate surface area is 115 Å². The van der Waals surface area contributed by atoms with Crippen molar-refractivity contribution in [2.45, 2.75) is 31.8 Å².